The highest BCUT2D eigenvalue weighted by Gasteiger charge is 2.58. The molecule has 1 aliphatic heterocycles. The first-order valence-electron chi connectivity index (χ1n) is 11.4. The van der Waals surface area contributed by atoms with E-state index in [0.29, 0.717) is 13.1 Å². The fourth-order valence-corrected chi connectivity index (χ4v) is 4.41. The molecule has 2 N–H and O–H groups in total. The maximum atomic E-state index is 13.0. The van der Waals surface area contributed by atoms with Gasteiger partial charge in [0.1, 0.15) is 11.2 Å². The molecule has 2 unspecified atom stereocenters. The number of pyridine rings is 1. The number of carbonyl (C=O) groups is 3. The van der Waals surface area contributed by atoms with Gasteiger partial charge < -0.3 is 24.8 Å². The summed E-state index contributed by atoms with van der Waals surface area (Å²) >= 11 is 0. The highest BCUT2D eigenvalue weighted by Crippen LogP contribution is 2.45. The Hall–Kier alpha value is -3.62. The summed E-state index contributed by atoms with van der Waals surface area (Å²) in [5.41, 5.74) is 0.0179. The minimum Gasteiger partial charge on any atom is -0.444 e. The molecule has 9 nitrogen and oxygen atoms in total. The predicted octanol–water partition coefficient (Wildman–Crippen LogP) is 1.85. The van der Waals surface area contributed by atoms with Crippen molar-refractivity contribution in [3.63, 3.8) is 0 Å². The highest BCUT2D eigenvalue weighted by molar-refractivity contribution is 5.99. The number of aromatic nitrogens is 1. The van der Waals surface area contributed by atoms with E-state index >= 15 is 0 Å². The number of nitrogens with one attached hydrogen (secondary N) is 2. The monoisotopic (exact) mass is 466 g/mol. The van der Waals surface area contributed by atoms with E-state index < -0.39 is 17.1 Å². The van der Waals surface area contributed by atoms with Crippen LogP contribution in [0.15, 0.2) is 47.4 Å². The van der Waals surface area contributed by atoms with Crippen LogP contribution in [-0.4, -0.2) is 59.2 Å². The van der Waals surface area contributed by atoms with Crippen molar-refractivity contribution in [3.8, 4) is 0 Å². The van der Waals surface area contributed by atoms with Crippen molar-refractivity contribution in [1.82, 2.24) is 20.1 Å². The molecule has 1 aromatic carbocycles. The molecule has 1 saturated heterocycles. The van der Waals surface area contributed by atoms with Gasteiger partial charge in [-0.25, -0.2) is 4.79 Å². The Morgan fingerprint density at radius 2 is 1.71 bits per heavy atom. The molecule has 0 bridgehead atoms. The minimum absolute atomic E-state index is 0.0517. The molecule has 2 atom stereocenters. The van der Waals surface area contributed by atoms with Crippen molar-refractivity contribution < 1.29 is 19.1 Å². The smallest absolute Gasteiger partial charge is 0.410 e. The first kappa shape index (κ1) is 23.5. The van der Waals surface area contributed by atoms with Gasteiger partial charge in [-0.2, -0.15) is 0 Å². The van der Waals surface area contributed by atoms with Gasteiger partial charge in [-0.1, -0.05) is 30.3 Å². The summed E-state index contributed by atoms with van der Waals surface area (Å²) in [5, 5.41) is 5.47. The highest BCUT2D eigenvalue weighted by atomic mass is 16.6. The normalized spacial score (nSPS) is 20.9. The maximum Gasteiger partial charge on any atom is 0.410 e. The molecule has 0 spiro atoms. The maximum absolute atomic E-state index is 13.0. The van der Waals surface area contributed by atoms with E-state index in [-0.39, 0.29) is 47.5 Å². The molecule has 2 aliphatic rings. The topological polar surface area (TPSA) is 110 Å². The van der Waals surface area contributed by atoms with Crippen molar-refractivity contribution in [2.75, 3.05) is 20.1 Å². The summed E-state index contributed by atoms with van der Waals surface area (Å²) < 4.78 is 6.81. The Morgan fingerprint density at radius 1 is 1.06 bits per heavy atom. The van der Waals surface area contributed by atoms with Crippen LogP contribution in [0.3, 0.4) is 0 Å². The second-order valence-corrected chi connectivity index (χ2v) is 9.85. The van der Waals surface area contributed by atoms with E-state index in [1.807, 2.05) is 51.1 Å². The van der Waals surface area contributed by atoms with Gasteiger partial charge in [0.05, 0.1) is 12.1 Å². The molecule has 1 aliphatic carbocycles. The van der Waals surface area contributed by atoms with E-state index in [4.69, 9.17) is 4.74 Å². The largest absolute Gasteiger partial charge is 0.444 e. The number of piperidine rings is 1. The zero-order valence-electron chi connectivity index (χ0n) is 19.8. The lowest BCUT2D eigenvalue weighted by molar-refractivity contribution is 0.0269. The number of amides is 3. The lowest BCUT2D eigenvalue weighted by atomic mass is 10.1. The molecule has 0 radical (unpaired) electrons. The molecule has 1 saturated carbocycles. The number of fused-ring (bicyclic) bond motifs is 1. The molecular formula is C25H30N4O5. The Bertz CT molecular complexity index is 1160. The van der Waals surface area contributed by atoms with Crippen molar-refractivity contribution >= 4 is 17.9 Å². The Morgan fingerprint density at radius 3 is 2.29 bits per heavy atom. The quantitative estimate of drug-likeness (QED) is 0.699. The number of hydrogen-bond acceptors (Lipinski definition) is 5. The lowest BCUT2D eigenvalue weighted by Gasteiger charge is -2.26. The van der Waals surface area contributed by atoms with Gasteiger partial charge in [-0.05, 0) is 32.4 Å². The summed E-state index contributed by atoms with van der Waals surface area (Å²) in [4.78, 5) is 52.2. The molecule has 3 amide bonds. The van der Waals surface area contributed by atoms with Crippen molar-refractivity contribution in [3.05, 3.63) is 69.6 Å². The van der Waals surface area contributed by atoms with Gasteiger partial charge in [0.2, 0.25) is 0 Å². The lowest BCUT2D eigenvalue weighted by Crippen LogP contribution is -2.40. The van der Waals surface area contributed by atoms with E-state index in [1.54, 1.807) is 4.90 Å². The summed E-state index contributed by atoms with van der Waals surface area (Å²) in [6.07, 6.45) is 1.15. The van der Waals surface area contributed by atoms with E-state index in [0.717, 1.165) is 5.56 Å². The third-order valence-electron chi connectivity index (χ3n) is 6.16. The minimum atomic E-state index is -0.553. The van der Waals surface area contributed by atoms with Gasteiger partial charge in [0.25, 0.3) is 17.4 Å². The Kier molecular flexibility index (Phi) is 6.20. The fraction of sp³-hybridized carbons (Fsp3) is 0.440. The molecular weight excluding hydrogens is 436 g/mol. The van der Waals surface area contributed by atoms with Gasteiger partial charge in [0.15, 0.2) is 0 Å². The van der Waals surface area contributed by atoms with Crippen LogP contribution in [0, 0.1) is 11.8 Å². The number of carbonyl (C=O) groups excluding carboxylic acids is 3. The fourth-order valence-electron chi connectivity index (χ4n) is 4.41. The summed E-state index contributed by atoms with van der Waals surface area (Å²) in [6, 6.07) is 10.6. The number of ether oxygens (including phenoxy) is 1. The molecule has 4 rings (SSSR count). The van der Waals surface area contributed by atoms with Crippen LogP contribution >= 0.6 is 0 Å². The number of nitrogens with zero attached hydrogens (tertiary/aromatic N) is 2. The van der Waals surface area contributed by atoms with Crippen molar-refractivity contribution in [1.29, 1.82) is 0 Å². The molecule has 2 aromatic rings. The van der Waals surface area contributed by atoms with E-state index in [9.17, 15) is 19.2 Å². The zero-order valence-corrected chi connectivity index (χ0v) is 19.8. The first-order valence-corrected chi connectivity index (χ1v) is 11.4. The van der Waals surface area contributed by atoms with Crippen LogP contribution in [0.5, 0.6) is 0 Å². The molecule has 1 aromatic heterocycles. The van der Waals surface area contributed by atoms with Crippen molar-refractivity contribution in [2.45, 2.75) is 39.0 Å². The van der Waals surface area contributed by atoms with Crippen LogP contribution in [0.25, 0.3) is 0 Å². The van der Waals surface area contributed by atoms with E-state index in [1.165, 1.54) is 23.9 Å². The molecule has 180 valence electrons. The van der Waals surface area contributed by atoms with Crippen molar-refractivity contribution in [2.24, 2.45) is 11.8 Å². The zero-order chi connectivity index (χ0) is 24.6. The van der Waals surface area contributed by atoms with Crippen LogP contribution in [-0.2, 0) is 11.3 Å². The second-order valence-electron chi connectivity index (χ2n) is 9.85. The second kappa shape index (κ2) is 8.96. The average Bonchev–Trinajstić information content (AvgIpc) is 3.21. The van der Waals surface area contributed by atoms with Gasteiger partial charge >= 0.3 is 6.09 Å². The van der Waals surface area contributed by atoms with Gasteiger partial charge in [-0.15, -0.1) is 0 Å². The van der Waals surface area contributed by atoms with E-state index in [2.05, 4.69) is 10.6 Å². The van der Waals surface area contributed by atoms with Gasteiger partial charge in [-0.3, -0.25) is 14.4 Å². The number of rotatable bonds is 5. The van der Waals surface area contributed by atoms with Crippen LogP contribution in [0.1, 0.15) is 47.1 Å². The standard InChI is InChI=1S/C25H30N4O5/c1-25(2,3)34-24(33)29-13-18-19(14-29)20(18)27-21(30)16-10-17(22(31)26-4)23(32)28(12-16)11-15-8-6-5-7-9-15/h5-10,12,18-20H,11,13-14H2,1-4H3,(H,26,31)(H,27,30). The third-order valence-corrected chi connectivity index (χ3v) is 6.16. The Balaban J connectivity index is 1.47. The predicted molar refractivity (Wildman–Crippen MR) is 126 cm³/mol. The molecule has 2 fully saturated rings. The van der Waals surface area contributed by atoms with Crippen LogP contribution in [0.4, 0.5) is 4.79 Å². The van der Waals surface area contributed by atoms with Gasteiger partial charge in [0, 0.05) is 44.2 Å². The SMILES string of the molecule is CNC(=O)c1cc(C(=O)NC2C3CN(C(=O)OC(C)(C)C)CC32)cn(Cc2ccccc2)c1=O. The number of benzene rings is 1. The first-order chi connectivity index (χ1) is 16.1. The summed E-state index contributed by atoms with van der Waals surface area (Å²) in [6.45, 7) is 6.78. The average molecular weight is 467 g/mol. The third kappa shape index (κ3) is 4.98. The summed E-state index contributed by atoms with van der Waals surface area (Å²) in [7, 11) is 1.44. The Labute approximate surface area is 198 Å². The molecule has 2 heterocycles. The number of likely N-dealkylation sites (tertiary alicyclic amines) is 1. The summed E-state index contributed by atoms with van der Waals surface area (Å²) in [5.74, 6) is -0.553. The molecule has 34 heavy (non-hydrogen) atoms. The van der Waals surface area contributed by atoms with Crippen LogP contribution in [0.2, 0.25) is 0 Å². The number of hydrogen-bond donors (Lipinski definition) is 2. The molecule has 9 heteroatoms. The van der Waals surface area contributed by atoms with Crippen LogP contribution < -0.4 is 16.2 Å².